The fraction of sp³-hybridized carbons (Fsp3) is 0.588. The van der Waals surface area contributed by atoms with Crippen LogP contribution in [0, 0.1) is 11.8 Å². The van der Waals surface area contributed by atoms with Crippen LogP contribution in [0.1, 0.15) is 37.3 Å². The van der Waals surface area contributed by atoms with E-state index in [2.05, 4.69) is 17.4 Å². The Morgan fingerprint density at radius 2 is 1.95 bits per heavy atom. The molecule has 0 aromatic heterocycles. The van der Waals surface area contributed by atoms with E-state index in [0.29, 0.717) is 25.6 Å². The lowest BCUT2D eigenvalue weighted by Gasteiger charge is -2.17. The quantitative estimate of drug-likeness (QED) is 0.809. The smallest absolute Gasteiger partial charge is 0.223 e. The Hall–Kier alpha value is -1.10. The lowest BCUT2D eigenvalue weighted by Crippen LogP contribution is -2.34. The number of benzene rings is 1. The lowest BCUT2D eigenvalue weighted by atomic mass is 9.95. The van der Waals surface area contributed by atoms with Crippen LogP contribution in [0.3, 0.4) is 0 Å². The van der Waals surface area contributed by atoms with Crippen molar-refractivity contribution in [2.45, 2.75) is 39.3 Å². The topological polar surface area (TPSA) is 64.3 Å². The van der Waals surface area contributed by atoms with Crippen LogP contribution in [0.5, 0.6) is 0 Å². The number of amides is 1. The first kappa shape index (κ1) is 18.9. The van der Waals surface area contributed by atoms with Gasteiger partial charge in [-0.25, -0.2) is 0 Å². The minimum atomic E-state index is 0. The highest BCUT2D eigenvalue weighted by molar-refractivity contribution is 5.85. The molecule has 0 spiro atoms. The molecule has 22 heavy (non-hydrogen) atoms. The Morgan fingerprint density at radius 1 is 1.27 bits per heavy atom. The van der Waals surface area contributed by atoms with Crippen molar-refractivity contribution in [3.8, 4) is 0 Å². The van der Waals surface area contributed by atoms with Crippen LogP contribution in [0.25, 0.3) is 0 Å². The van der Waals surface area contributed by atoms with Gasteiger partial charge >= 0.3 is 0 Å². The number of nitrogens with two attached hydrogens (primary N) is 1. The monoisotopic (exact) mass is 326 g/mol. The standard InChI is InChI=1S/C17H26N2O2.ClH/c1-2-21-12-14-8-6-13(7-9-14)11-19-17(20)16-5-3-4-15(16)10-18;/h6-9,15-16H,2-5,10-12,18H2,1H3,(H,19,20);1H/t15-,16-;/m1./s1. The van der Waals surface area contributed by atoms with Crippen LogP contribution in [-0.2, 0) is 22.7 Å². The van der Waals surface area contributed by atoms with E-state index in [9.17, 15) is 4.79 Å². The molecule has 1 aliphatic rings. The molecule has 2 atom stereocenters. The minimum Gasteiger partial charge on any atom is -0.377 e. The Morgan fingerprint density at radius 3 is 2.59 bits per heavy atom. The highest BCUT2D eigenvalue weighted by Crippen LogP contribution is 2.30. The number of hydrogen-bond donors (Lipinski definition) is 2. The zero-order valence-electron chi connectivity index (χ0n) is 13.2. The first-order valence-electron chi connectivity index (χ1n) is 7.88. The molecule has 5 heteroatoms. The second-order valence-corrected chi connectivity index (χ2v) is 5.70. The third kappa shape index (κ3) is 5.27. The van der Waals surface area contributed by atoms with Crippen LogP contribution in [0.15, 0.2) is 24.3 Å². The van der Waals surface area contributed by atoms with Gasteiger partial charge in [-0.2, -0.15) is 0 Å². The van der Waals surface area contributed by atoms with Gasteiger partial charge in [-0.1, -0.05) is 30.7 Å². The highest BCUT2D eigenvalue weighted by atomic mass is 35.5. The molecule has 0 saturated heterocycles. The maximum atomic E-state index is 12.2. The normalized spacial score (nSPS) is 20.5. The Bertz CT molecular complexity index is 450. The third-order valence-corrected chi connectivity index (χ3v) is 4.26. The van der Waals surface area contributed by atoms with Crippen LogP contribution < -0.4 is 11.1 Å². The maximum absolute atomic E-state index is 12.2. The van der Waals surface area contributed by atoms with E-state index in [-0.39, 0.29) is 24.2 Å². The van der Waals surface area contributed by atoms with Crippen molar-refractivity contribution >= 4 is 18.3 Å². The average molecular weight is 327 g/mol. The molecule has 0 bridgehead atoms. The van der Waals surface area contributed by atoms with Crippen molar-refractivity contribution < 1.29 is 9.53 Å². The molecule has 0 heterocycles. The highest BCUT2D eigenvalue weighted by Gasteiger charge is 2.31. The van der Waals surface area contributed by atoms with Crippen LogP contribution in [0.4, 0.5) is 0 Å². The Labute approximate surface area is 139 Å². The first-order valence-corrected chi connectivity index (χ1v) is 7.88. The summed E-state index contributed by atoms with van der Waals surface area (Å²) in [7, 11) is 0. The molecule has 1 saturated carbocycles. The summed E-state index contributed by atoms with van der Waals surface area (Å²) < 4.78 is 5.37. The van der Waals surface area contributed by atoms with Crippen LogP contribution in [-0.4, -0.2) is 19.1 Å². The molecule has 1 amide bonds. The van der Waals surface area contributed by atoms with Gasteiger partial charge in [0.05, 0.1) is 6.61 Å². The molecular weight excluding hydrogens is 300 g/mol. The van der Waals surface area contributed by atoms with E-state index in [4.69, 9.17) is 10.5 Å². The predicted molar refractivity (Wildman–Crippen MR) is 90.8 cm³/mol. The average Bonchev–Trinajstić information content (AvgIpc) is 3.00. The van der Waals surface area contributed by atoms with E-state index < -0.39 is 0 Å². The van der Waals surface area contributed by atoms with E-state index in [1.807, 2.05) is 19.1 Å². The molecule has 124 valence electrons. The second kappa shape index (κ2) is 9.82. The van der Waals surface area contributed by atoms with Crippen molar-refractivity contribution in [1.82, 2.24) is 5.32 Å². The number of nitrogens with one attached hydrogen (secondary N) is 1. The zero-order chi connectivity index (χ0) is 15.1. The number of carbonyl (C=O) groups is 1. The van der Waals surface area contributed by atoms with Crippen molar-refractivity contribution in [3.63, 3.8) is 0 Å². The van der Waals surface area contributed by atoms with E-state index in [1.165, 1.54) is 0 Å². The molecule has 0 radical (unpaired) electrons. The van der Waals surface area contributed by atoms with Crippen LogP contribution >= 0.6 is 12.4 Å². The minimum absolute atomic E-state index is 0. The van der Waals surface area contributed by atoms with Gasteiger partial charge in [0, 0.05) is 19.1 Å². The molecule has 0 unspecified atom stereocenters. The molecule has 4 nitrogen and oxygen atoms in total. The van der Waals surface area contributed by atoms with Gasteiger partial charge in [0.15, 0.2) is 0 Å². The summed E-state index contributed by atoms with van der Waals surface area (Å²) in [5, 5.41) is 3.04. The summed E-state index contributed by atoms with van der Waals surface area (Å²) >= 11 is 0. The molecule has 2 rings (SSSR count). The molecule has 1 fully saturated rings. The van der Waals surface area contributed by atoms with Gasteiger partial charge in [0.25, 0.3) is 0 Å². The second-order valence-electron chi connectivity index (χ2n) is 5.70. The summed E-state index contributed by atoms with van der Waals surface area (Å²) in [5.41, 5.74) is 8.01. The summed E-state index contributed by atoms with van der Waals surface area (Å²) in [6, 6.07) is 8.19. The van der Waals surface area contributed by atoms with Gasteiger partial charge in [-0.05, 0) is 43.4 Å². The molecule has 1 aromatic carbocycles. The van der Waals surface area contributed by atoms with E-state index in [0.717, 1.165) is 37.0 Å². The first-order chi connectivity index (χ1) is 10.2. The Balaban J connectivity index is 0.00000242. The Kier molecular flexibility index (Phi) is 8.46. The SMILES string of the molecule is CCOCc1ccc(CNC(=O)[C@@H]2CCC[C@@H]2CN)cc1.Cl. The van der Waals surface area contributed by atoms with Gasteiger partial charge in [-0.15, -0.1) is 12.4 Å². The number of ether oxygens (including phenoxy) is 1. The molecule has 0 aliphatic heterocycles. The summed E-state index contributed by atoms with van der Waals surface area (Å²) in [6.07, 6.45) is 3.17. The fourth-order valence-corrected chi connectivity index (χ4v) is 2.96. The van der Waals surface area contributed by atoms with Gasteiger partial charge in [0.1, 0.15) is 0 Å². The number of rotatable bonds is 7. The van der Waals surface area contributed by atoms with Crippen molar-refractivity contribution in [2.24, 2.45) is 17.6 Å². The molecule has 3 N–H and O–H groups in total. The summed E-state index contributed by atoms with van der Waals surface area (Å²) in [5.74, 6) is 0.618. The van der Waals surface area contributed by atoms with Crippen molar-refractivity contribution in [1.29, 1.82) is 0 Å². The number of halogens is 1. The van der Waals surface area contributed by atoms with Crippen molar-refractivity contribution in [3.05, 3.63) is 35.4 Å². The summed E-state index contributed by atoms with van der Waals surface area (Å²) in [6.45, 7) is 4.55. The number of hydrogen-bond acceptors (Lipinski definition) is 3. The van der Waals surface area contributed by atoms with Gasteiger partial charge < -0.3 is 15.8 Å². The van der Waals surface area contributed by atoms with E-state index >= 15 is 0 Å². The van der Waals surface area contributed by atoms with Gasteiger partial charge in [0.2, 0.25) is 5.91 Å². The maximum Gasteiger partial charge on any atom is 0.223 e. The van der Waals surface area contributed by atoms with Crippen LogP contribution in [0.2, 0.25) is 0 Å². The number of carbonyl (C=O) groups excluding carboxylic acids is 1. The largest absolute Gasteiger partial charge is 0.377 e. The molecule has 1 aliphatic carbocycles. The zero-order valence-corrected chi connectivity index (χ0v) is 14.0. The van der Waals surface area contributed by atoms with E-state index in [1.54, 1.807) is 0 Å². The van der Waals surface area contributed by atoms with Gasteiger partial charge in [-0.3, -0.25) is 4.79 Å². The third-order valence-electron chi connectivity index (χ3n) is 4.26. The molecular formula is C17H27ClN2O2. The predicted octanol–water partition coefficient (Wildman–Crippen LogP) is 2.64. The lowest BCUT2D eigenvalue weighted by molar-refractivity contribution is -0.126. The fourth-order valence-electron chi connectivity index (χ4n) is 2.96. The van der Waals surface area contributed by atoms with Crippen molar-refractivity contribution in [2.75, 3.05) is 13.2 Å². The summed E-state index contributed by atoms with van der Waals surface area (Å²) in [4.78, 5) is 12.2. The molecule has 1 aromatic rings.